The number of hydrogen-bond acceptors (Lipinski definition) is 4. The summed E-state index contributed by atoms with van der Waals surface area (Å²) in [6.07, 6.45) is 1.58. The highest BCUT2D eigenvalue weighted by Gasteiger charge is 2.33. The summed E-state index contributed by atoms with van der Waals surface area (Å²) in [5.41, 5.74) is 0.820. The average Bonchev–Trinajstić information content (AvgIpc) is 2.66. The lowest BCUT2D eigenvalue weighted by molar-refractivity contribution is -0.917. The zero-order chi connectivity index (χ0) is 20.7. The predicted molar refractivity (Wildman–Crippen MR) is 108 cm³/mol. The van der Waals surface area contributed by atoms with Gasteiger partial charge in [-0.15, -0.1) is 0 Å². The van der Waals surface area contributed by atoms with Crippen molar-refractivity contribution in [3.8, 4) is 0 Å². The maximum Gasteiger partial charge on any atom is 0.321 e. The molecular weight excluding hydrogens is 380 g/mol. The Morgan fingerprint density at radius 2 is 1.71 bits per heavy atom. The molecule has 1 aliphatic heterocycles. The Balaban J connectivity index is 1.88. The van der Waals surface area contributed by atoms with E-state index in [-0.39, 0.29) is 11.9 Å². The van der Waals surface area contributed by atoms with Crippen LogP contribution in [-0.2, 0) is 14.8 Å². The van der Waals surface area contributed by atoms with Gasteiger partial charge >= 0.3 is 6.03 Å². The Hall–Kier alpha value is -2.23. The normalized spacial score (nSPS) is 17.6. The molecule has 1 heterocycles. The lowest BCUT2D eigenvalue weighted by Crippen LogP contribution is -3.19. The van der Waals surface area contributed by atoms with Crippen LogP contribution in [-0.4, -0.2) is 62.9 Å². The van der Waals surface area contributed by atoms with Crippen LogP contribution < -0.4 is 15.5 Å². The fourth-order valence-corrected chi connectivity index (χ4v) is 4.17. The molecule has 0 bridgehead atoms. The molecule has 28 heavy (non-hydrogen) atoms. The van der Waals surface area contributed by atoms with Gasteiger partial charge in [0.2, 0.25) is 10.0 Å². The summed E-state index contributed by atoms with van der Waals surface area (Å²) >= 11 is 0. The third-order valence-electron chi connectivity index (χ3n) is 4.62. The minimum Gasteiger partial charge on any atom is -0.336 e. The molecule has 154 valence electrons. The number of nitrogens with one attached hydrogen (secondary N) is 3. The van der Waals surface area contributed by atoms with Crippen LogP contribution in [0.15, 0.2) is 35.7 Å². The van der Waals surface area contributed by atoms with E-state index >= 15 is 0 Å². The van der Waals surface area contributed by atoms with Gasteiger partial charge in [-0.2, -0.15) is 4.31 Å². The van der Waals surface area contributed by atoms with Gasteiger partial charge < -0.3 is 10.2 Å². The number of piperazine rings is 1. The van der Waals surface area contributed by atoms with Crippen molar-refractivity contribution >= 4 is 28.0 Å². The highest BCUT2D eigenvalue weighted by molar-refractivity contribution is 7.92. The predicted octanol–water partition coefficient (Wildman–Crippen LogP) is -0.190. The summed E-state index contributed by atoms with van der Waals surface area (Å²) in [6, 6.07) is 8.23. The number of nitrogens with zero attached hydrogens (tertiary/aromatic N) is 1. The van der Waals surface area contributed by atoms with E-state index in [4.69, 9.17) is 0 Å². The van der Waals surface area contributed by atoms with E-state index in [0.717, 1.165) is 10.5 Å². The highest BCUT2D eigenvalue weighted by Crippen LogP contribution is 2.08. The molecular formula is C19H29N4O4S+. The molecule has 0 aliphatic carbocycles. The Labute approximate surface area is 166 Å². The van der Waals surface area contributed by atoms with Gasteiger partial charge in [0.25, 0.3) is 5.91 Å². The lowest BCUT2D eigenvalue weighted by atomic mass is 10.2. The summed E-state index contributed by atoms with van der Waals surface area (Å²) in [4.78, 5) is 24.9. The number of imide groups is 1. The molecule has 1 atom stereocenters. The summed E-state index contributed by atoms with van der Waals surface area (Å²) in [7, 11) is -3.51. The number of urea groups is 1. The fourth-order valence-electron chi connectivity index (χ4n) is 2.98. The van der Waals surface area contributed by atoms with Crippen LogP contribution >= 0.6 is 0 Å². The topological polar surface area (TPSA) is 100 Å². The van der Waals surface area contributed by atoms with Crippen LogP contribution in [0.2, 0.25) is 0 Å². The Bertz CT molecular complexity index is 800. The number of amides is 3. The van der Waals surface area contributed by atoms with Gasteiger partial charge in [0, 0.05) is 11.4 Å². The van der Waals surface area contributed by atoms with Crippen molar-refractivity contribution in [1.29, 1.82) is 0 Å². The summed E-state index contributed by atoms with van der Waals surface area (Å²) < 4.78 is 26.5. The van der Waals surface area contributed by atoms with Gasteiger partial charge in [0.1, 0.15) is 0 Å². The molecule has 0 spiro atoms. The molecule has 1 aromatic rings. The number of benzene rings is 1. The molecule has 1 aliphatic rings. The van der Waals surface area contributed by atoms with Crippen LogP contribution in [0.25, 0.3) is 6.08 Å². The summed E-state index contributed by atoms with van der Waals surface area (Å²) in [5, 5.41) is 6.17. The van der Waals surface area contributed by atoms with E-state index in [0.29, 0.717) is 26.2 Å². The van der Waals surface area contributed by atoms with Gasteiger partial charge in [-0.3, -0.25) is 10.1 Å². The SMILES string of the molecule is CC(C)NC(=O)NC(=O)[C@H](C)[NH+]1CCN(S(=O)(=O)/C=C/c2ccccc2)CC1. The molecule has 0 aromatic heterocycles. The molecule has 2 rings (SSSR count). The third-order valence-corrected chi connectivity index (χ3v) is 6.18. The van der Waals surface area contributed by atoms with E-state index < -0.39 is 22.1 Å². The minimum absolute atomic E-state index is 0.0619. The van der Waals surface area contributed by atoms with Gasteiger partial charge in [-0.05, 0) is 32.4 Å². The van der Waals surface area contributed by atoms with Crippen molar-refractivity contribution in [2.75, 3.05) is 26.2 Å². The Morgan fingerprint density at radius 1 is 1.11 bits per heavy atom. The first-order valence-corrected chi connectivity index (χ1v) is 10.9. The number of sulfonamides is 1. The number of rotatable bonds is 6. The highest BCUT2D eigenvalue weighted by atomic mass is 32.2. The third kappa shape index (κ3) is 6.43. The van der Waals surface area contributed by atoms with E-state index in [1.54, 1.807) is 13.0 Å². The number of hydrogen-bond donors (Lipinski definition) is 3. The second-order valence-corrected chi connectivity index (χ2v) is 8.97. The van der Waals surface area contributed by atoms with Gasteiger partial charge in [0.15, 0.2) is 6.04 Å². The second kappa shape index (κ2) is 9.81. The first-order chi connectivity index (χ1) is 13.2. The fraction of sp³-hybridized carbons (Fsp3) is 0.474. The van der Waals surface area contributed by atoms with E-state index in [1.807, 2.05) is 44.2 Å². The van der Waals surface area contributed by atoms with E-state index in [1.165, 1.54) is 9.71 Å². The number of carbonyl (C=O) groups excluding carboxylic acids is 2. The largest absolute Gasteiger partial charge is 0.336 e. The second-order valence-electron chi connectivity index (χ2n) is 7.15. The number of quaternary nitrogens is 1. The maximum absolute atomic E-state index is 12.5. The smallest absolute Gasteiger partial charge is 0.321 e. The van der Waals surface area contributed by atoms with Gasteiger partial charge in [-0.25, -0.2) is 13.2 Å². The van der Waals surface area contributed by atoms with Crippen molar-refractivity contribution in [1.82, 2.24) is 14.9 Å². The van der Waals surface area contributed by atoms with Crippen LogP contribution in [0.3, 0.4) is 0 Å². The van der Waals surface area contributed by atoms with E-state index in [9.17, 15) is 18.0 Å². The molecule has 3 amide bonds. The summed E-state index contributed by atoms with van der Waals surface area (Å²) in [6.45, 7) is 7.01. The first-order valence-electron chi connectivity index (χ1n) is 9.38. The average molecular weight is 410 g/mol. The maximum atomic E-state index is 12.5. The Morgan fingerprint density at radius 3 is 2.29 bits per heavy atom. The Kier molecular flexibility index (Phi) is 7.73. The summed E-state index contributed by atoms with van der Waals surface area (Å²) in [5.74, 6) is -0.367. The first kappa shape index (κ1) is 22.1. The molecule has 1 aromatic carbocycles. The van der Waals surface area contributed by atoms with Crippen LogP contribution in [0.5, 0.6) is 0 Å². The molecule has 8 nitrogen and oxygen atoms in total. The molecule has 1 fully saturated rings. The van der Waals surface area contributed by atoms with Gasteiger partial charge in [0.05, 0.1) is 26.2 Å². The van der Waals surface area contributed by atoms with Crippen molar-refractivity contribution in [2.24, 2.45) is 0 Å². The molecule has 0 saturated carbocycles. The standard InChI is InChI=1S/C19H28N4O4S/c1-15(2)20-19(25)21-18(24)16(3)22-10-12-23(13-11-22)28(26,27)14-9-17-7-5-4-6-8-17/h4-9,14-16H,10-13H2,1-3H3,(H2,20,21,24,25)/p+1/b14-9+/t16-/m0/s1. The minimum atomic E-state index is -3.51. The molecule has 0 unspecified atom stereocenters. The quantitative estimate of drug-likeness (QED) is 0.606. The molecule has 9 heteroatoms. The van der Waals surface area contributed by atoms with E-state index in [2.05, 4.69) is 10.6 Å². The zero-order valence-corrected chi connectivity index (χ0v) is 17.3. The monoisotopic (exact) mass is 409 g/mol. The molecule has 0 radical (unpaired) electrons. The lowest BCUT2D eigenvalue weighted by Gasteiger charge is -2.33. The van der Waals surface area contributed by atoms with Crippen molar-refractivity contribution in [3.05, 3.63) is 41.3 Å². The van der Waals surface area contributed by atoms with Crippen LogP contribution in [0.1, 0.15) is 26.3 Å². The van der Waals surface area contributed by atoms with Crippen molar-refractivity contribution in [2.45, 2.75) is 32.9 Å². The van der Waals surface area contributed by atoms with Crippen molar-refractivity contribution < 1.29 is 22.9 Å². The molecule has 3 N–H and O–H groups in total. The van der Waals surface area contributed by atoms with Crippen molar-refractivity contribution in [3.63, 3.8) is 0 Å². The van der Waals surface area contributed by atoms with Gasteiger partial charge in [-0.1, -0.05) is 30.3 Å². The number of carbonyl (C=O) groups is 2. The van der Waals surface area contributed by atoms with Crippen LogP contribution in [0, 0.1) is 0 Å². The zero-order valence-electron chi connectivity index (χ0n) is 16.5. The molecule has 1 saturated heterocycles. The van der Waals surface area contributed by atoms with Crippen LogP contribution in [0.4, 0.5) is 4.79 Å².